The van der Waals surface area contributed by atoms with Crippen molar-refractivity contribution in [1.29, 1.82) is 0 Å². The maximum atomic E-state index is 13.3. The molecule has 6 nitrogen and oxygen atoms in total. The fourth-order valence-corrected chi connectivity index (χ4v) is 7.07. The van der Waals surface area contributed by atoms with Crippen molar-refractivity contribution in [3.63, 3.8) is 0 Å². The van der Waals surface area contributed by atoms with Gasteiger partial charge in [0.2, 0.25) is 11.8 Å². The number of carbonyl (C=O) groups excluding carboxylic acids is 4. The van der Waals surface area contributed by atoms with E-state index >= 15 is 0 Å². The van der Waals surface area contributed by atoms with Crippen LogP contribution in [0.2, 0.25) is 0 Å². The molecule has 4 aromatic rings. The van der Waals surface area contributed by atoms with Crippen LogP contribution in [-0.4, -0.2) is 42.6 Å². The van der Waals surface area contributed by atoms with Gasteiger partial charge < -0.3 is 0 Å². The molecule has 2 fully saturated rings. The Morgan fingerprint density at radius 2 is 0.917 bits per heavy atom. The molecule has 6 rings (SSSR count). The minimum atomic E-state index is -0.925. The molecular formula is C28H20N2O4S2. The number of fused-ring (bicyclic) bond motifs is 2. The van der Waals surface area contributed by atoms with E-state index in [0.29, 0.717) is 0 Å². The van der Waals surface area contributed by atoms with Crippen LogP contribution in [0.25, 0.3) is 21.5 Å². The van der Waals surface area contributed by atoms with E-state index in [4.69, 9.17) is 0 Å². The summed E-state index contributed by atoms with van der Waals surface area (Å²) in [5, 5.41) is 1.34. The third-order valence-corrected chi connectivity index (χ3v) is 9.08. The molecule has 0 aromatic heterocycles. The molecule has 4 aromatic carbocycles. The van der Waals surface area contributed by atoms with Crippen molar-refractivity contribution < 1.29 is 19.2 Å². The van der Waals surface area contributed by atoms with Gasteiger partial charge in [0.25, 0.3) is 10.5 Å². The standard InChI is InChI=1S/C28H20N2O4S2/c31-25-23(35-27(33)29(25)15-19-11-5-9-17-7-1-3-13-21(17)19)24-26(32)30(28(34)36-24)16-20-12-6-10-18-8-2-4-14-22(18)20/h1-14,23-24H,15-16H2/t23-,24+. The van der Waals surface area contributed by atoms with Crippen LogP contribution in [0.15, 0.2) is 84.9 Å². The van der Waals surface area contributed by atoms with E-state index in [-0.39, 0.29) is 13.1 Å². The van der Waals surface area contributed by atoms with Crippen LogP contribution in [0.1, 0.15) is 11.1 Å². The van der Waals surface area contributed by atoms with Gasteiger partial charge in [-0.3, -0.25) is 29.0 Å². The van der Waals surface area contributed by atoms with Gasteiger partial charge in [-0.05, 0) is 56.2 Å². The monoisotopic (exact) mass is 512 g/mol. The van der Waals surface area contributed by atoms with Crippen molar-refractivity contribution in [2.45, 2.75) is 23.6 Å². The van der Waals surface area contributed by atoms with Crippen molar-refractivity contribution >= 4 is 67.4 Å². The lowest BCUT2D eigenvalue weighted by Crippen LogP contribution is -2.40. The van der Waals surface area contributed by atoms with E-state index < -0.39 is 32.8 Å². The molecule has 0 N–H and O–H groups in total. The summed E-state index contributed by atoms with van der Waals surface area (Å²) < 4.78 is 0. The summed E-state index contributed by atoms with van der Waals surface area (Å²) in [6.45, 7) is 0.253. The van der Waals surface area contributed by atoms with Crippen molar-refractivity contribution in [3.05, 3.63) is 96.1 Å². The van der Waals surface area contributed by atoms with E-state index in [1.165, 1.54) is 9.80 Å². The average molecular weight is 513 g/mol. The molecule has 36 heavy (non-hydrogen) atoms. The molecule has 0 saturated carbocycles. The zero-order chi connectivity index (χ0) is 24.8. The van der Waals surface area contributed by atoms with Gasteiger partial charge in [0.05, 0.1) is 13.1 Å². The Morgan fingerprint density at radius 3 is 1.36 bits per heavy atom. The molecule has 2 atom stereocenters. The van der Waals surface area contributed by atoms with E-state index in [1.807, 2.05) is 84.9 Å². The molecule has 0 spiro atoms. The Bertz CT molecular complexity index is 1440. The van der Waals surface area contributed by atoms with Crippen LogP contribution in [0.5, 0.6) is 0 Å². The quantitative estimate of drug-likeness (QED) is 0.335. The van der Waals surface area contributed by atoms with Gasteiger partial charge in [0.15, 0.2) is 0 Å². The second-order valence-corrected chi connectivity index (χ2v) is 10.9. The number of imide groups is 2. The van der Waals surface area contributed by atoms with E-state index in [1.54, 1.807) is 0 Å². The predicted octanol–water partition coefficient (Wildman–Crippen LogP) is 5.82. The first-order chi connectivity index (χ1) is 17.5. The van der Waals surface area contributed by atoms with Crippen molar-refractivity contribution in [2.75, 3.05) is 0 Å². The summed E-state index contributed by atoms with van der Waals surface area (Å²) in [5.41, 5.74) is 1.71. The lowest BCUT2D eigenvalue weighted by atomic mass is 10.0. The van der Waals surface area contributed by atoms with E-state index in [9.17, 15) is 19.2 Å². The lowest BCUT2D eigenvalue weighted by Gasteiger charge is -2.18. The number of rotatable bonds is 5. The van der Waals surface area contributed by atoms with E-state index in [2.05, 4.69) is 0 Å². The minimum Gasteiger partial charge on any atom is -0.273 e. The Hall–Kier alpha value is -3.62. The molecule has 2 aliphatic rings. The summed E-state index contributed by atoms with van der Waals surface area (Å²) in [6, 6.07) is 27.1. The molecule has 2 aliphatic heterocycles. The first kappa shape index (κ1) is 22.8. The van der Waals surface area contributed by atoms with Gasteiger partial charge >= 0.3 is 0 Å². The number of hydrogen-bond acceptors (Lipinski definition) is 6. The van der Waals surface area contributed by atoms with Crippen LogP contribution < -0.4 is 0 Å². The van der Waals surface area contributed by atoms with Crippen molar-refractivity contribution in [1.82, 2.24) is 9.80 Å². The SMILES string of the molecule is O=C1S[C@@H]([C@H]2SC(=O)N(Cc3cccc4ccccc34)C2=O)C(=O)N1Cc1cccc2ccccc12. The van der Waals surface area contributed by atoms with Gasteiger partial charge in [-0.2, -0.15) is 0 Å². The Balaban J connectivity index is 1.22. The van der Waals surface area contributed by atoms with Gasteiger partial charge in [0, 0.05) is 0 Å². The highest BCUT2D eigenvalue weighted by molar-refractivity contribution is 8.19. The molecule has 0 bridgehead atoms. The average Bonchev–Trinajstić information content (AvgIpc) is 3.33. The molecule has 8 heteroatoms. The zero-order valence-corrected chi connectivity index (χ0v) is 20.6. The third-order valence-electron chi connectivity index (χ3n) is 6.61. The molecule has 0 unspecified atom stereocenters. The fraction of sp³-hybridized carbons (Fsp3) is 0.143. The summed E-state index contributed by atoms with van der Waals surface area (Å²) in [4.78, 5) is 54.7. The number of nitrogens with zero attached hydrogens (tertiary/aromatic N) is 2. The van der Waals surface area contributed by atoms with Crippen LogP contribution in [0, 0.1) is 0 Å². The third kappa shape index (κ3) is 3.86. The Kier molecular flexibility index (Phi) is 5.78. The zero-order valence-electron chi connectivity index (χ0n) is 19.0. The van der Waals surface area contributed by atoms with Crippen LogP contribution >= 0.6 is 23.5 Å². The molecule has 2 heterocycles. The van der Waals surface area contributed by atoms with Gasteiger partial charge in [-0.15, -0.1) is 0 Å². The fourth-order valence-electron chi connectivity index (χ4n) is 4.80. The molecular weight excluding hydrogens is 492 g/mol. The first-order valence-electron chi connectivity index (χ1n) is 11.5. The highest BCUT2D eigenvalue weighted by Crippen LogP contribution is 2.41. The van der Waals surface area contributed by atoms with Gasteiger partial charge in [-0.25, -0.2) is 0 Å². The van der Waals surface area contributed by atoms with Crippen LogP contribution in [-0.2, 0) is 22.7 Å². The van der Waals surface area contributed by atoms with Crippen molar-refractivity contribution in [2.24, 2.45) is 0 Å². The topological polar surface area (TPSA) is 74.8 Å². The smallest absolute Gasteiger partial charge is 0.273 e. The maximum absolute atomic E-state index is 13.3. The summed E-state index contributed by atoms with van der Waals surface area (Å²) in [6.07, 6.45) is 0. The lowest BCUT2D eigenvalue weighted by molar-refractivity contribution is -0.132. The maximum Gasteiger partial charge on any atom is 0.289 e. The number of carbonyl (C=O) groups is 4. The van der Waals surface area contributed by atoms with Gasteiger partial charge in [-0.1, -0.05) is 84.9 Å². The Labute approximate surface area is 215 Å². The van der Waals surface area contributed by atoms with E-state index in [0.717, 1.165) is 56.2 Å². The number of hydrogen-bond donors (Lipinski definition) is 0. The first-order valence-corrected chi connectivity index (χ1v) is 13.2. The molecule has 0 radical (unpaired) electrons. The highest BCUT2D eigenvalue weighted by atomic mass is 32.2. The number of amides is 4. The summed E-state index contributed by atoms with van der Waals surface area (Å²) >= 11 is 1.67. The molecule has 4 amide bonds. The molecule has 2 saturated heterocycles. The Morgan fingerprint density at radius 1 is 0.528 bits per heavy atom. The van der Waals surface area contributed by atoms with Gasteiger partial charge in [0.1, 0.15) is 10.5 Å². The number of thioether (sulfide) groups is 2. The largest absolute Gasteiger partial charge is 0.289 e. The van der Waals surface area contributed by atoms with Crippen LogP contribution in [0.3, 0.4) is 0 Å². The normalized spacial score (nSPS) is 20.3. The number of benzene rings is 4. The second kappa shape index (κ2) is 9.11. The van der Waals surface area contributed by atoms with Crippen molar-refractivity contribution in [3.8, 4) is 0 Å². The predicted molar refractivity (Wildman–Crippen MR) is 143 cm³/mol. The minimum absolute atomic E-state index is 0.127. The molecule has 178 valence electrons. The van der Waals surface area contributed by atoms with Crippen LogP contribution in [0.4, 0.5) is 9.59 Å². The molecule has 0 aliphatic carbocycles. The summed E-state index contributed by atoms with van der Waals surface area (Å²) in [7, 11) is 0. The second-order valence-electron chi connectivity index (χ2n) is 8.73. The highest BCUT2D eigenvalue weighted by Gasteiger charge is 2.52. The summed E-state index contributed by atoms with van der Waals surface area (Å²) in [5.74, 6) is -0.854.